The van der Waals surface area contributed by atoms with Gasteiger partial charge < -0.3 is 14.9 Å². The standard InChI is InChI=1S/C12H26O2.C6H14O/c13-11-9-7-5-3-1-2-4-6-8-10-12-14;1-3-5-7-6-4-2/h13-14H,1-12H2;3-6H2,1-2H3. The molecule has 0 aromatic heterocycles. The minimum Gasteiger partial charge on any atom is -0.396 e. The molecule has 0 spiro atoms. The molecule has 0 fully saturated rings. The molecule has 0 aliphatic carbocycles. The summed E-state index contributed by atoms with van der Waals surface area (Å²) in [5.74, 6) is 0. The Morgan fingerprint density at radius 3 is 1.05 bits per heavy atom. The van der Waals surface area contributed by atoms with E-state index in [0.717, 1.165) is 38.9 Å². The molecule has 0 rings (SSSR count). The fraction of sp³-hybridized carbons (Fsp3) is 1.00. The SMILES string of the molecule is CCCOCCC.OCCCCCCCCCCCCO. The summed E-state index contributed by atoms with van der Waals surface area (Å²) in [4.78, 5) is 0. The maximum absolute atomic E-state index is 8.57. The minimum atomic E-state index is 0.348. The molecule has 0 aromatic carbocycles. The summed E-state index contributed by atoms with van der Waals surface area (Å²) >= 11 is 0. The Hall–Kier alpha value is -0.120. The largest absolute Gasteiger partial charge is 0.396 e. The highest BCUT2D eigenvalue weighted by atomic mass is 16.5. The zero-order valence-electron chi connectivity index (χ0n) is 14.6. The van der Waals surface area contributed by atoms with Gasteiger partial charge in [-0.15, -0.1) is 0 Å². The summed E-state index contributed by atoms with van der Waals surface area (Å²) in [5.41, 5.74) is 0. The lowest BCUT2D eigenvalue weighted by molar-refractivity contribution is 0.135. The molecule has 0 saturated carbocycles. The lowest BCUT2D eigenvalue weighted by atomic mass is 10.1. The summed E-state index contributed by atoms with van der Waals surface area (Å²) in [7, 11) is 0. The lowest BCUT2D eigenvalue weighted by Crippen LogP contribution is -1.92. The van der Waals surface area contributed by atoms with Gasteiger partial charge >= 0.3 is 0 Å². The van der Waals surface area contributed by atoms with Crippen LogP contribution >= 0.6 is 0 Å². The molecule has 0 atom stereocenters. The van der Waals surface area contributed by atoms with Crippen molar-refractivity contribution in [3.05, 3.63) is 0 Å². The van der Waals surface area contributed by atoms with Gasteiger partial charge in [0.1, 0.15) is 0 Å². The third-order valence-electron chi connectivity index (χ3n) is 3.26. The van der Waals surface area contributed by atoms with Gasteiger partial charge in [-0.2, -0.15) is 0 Å². The molecule has 0 heterocycles. The summed E-state index contributed by atoms with van der Waals surface area (Å²) in [6.45, 7) is 6.79. The van der Waals surface area contributed by atoms with E-state index in [1.165, 1.54) is 51.4 Å². The monoisotopic (exact) mass is 304 g/mol. The third kappa shape index (κ3) is 28.7. The number of ether oxygens (including phenoxy) is 1. The Morgan fingerprint density at radius 2 is 0.810 bits per heavy atom. The minimum absolute atomic E-state index is 0.348. The van der Waals surface area contributed by atoms with Gasteiger partial charge in [0.15, 0.2) is 0 Å². The van der Waals surface area contributed by atoms with E-state index in [1.807, 2.05) is 0 Å². The van der Waals surface area contributed by atoms with Gasteiger partial charge in [-0.1, -0.05) is 65.2 Å². The molecule has 2 N–H and O–H groups in total. The van der Waals surface area contributed by atoms with Gasteiger partial charge in [0.25, 0.3) is 0 Å². The van der Waals surface area contributed by atoms with E-state index >= 15 is 0 Å². The molecule has 0 amide bonds. The van der Waals surface area contributed by atoms with Crippen LogP contribution < -0.4 is 0 Å². The summed E-state index contributed by atoms with van der Waals surface area (Å²) in [5, 5.41) is 17.1. The molecule has 130 valence electrons. The Kier molecular flexibility index (Phi) is 27.4. The number of hydrogen-bond acceptors (Lipinski definition) is 3. The molecule has 0 aliphatic rings. The van der Waals surface area contributed by atoms with Crippen molar-refractivity contribution in [2.45, 2.75) is 90.9 Å². The number of rotatable bonds is 15. The van der Waals surface area contributed by atoms with Crippen molar-refractivity contribution in [2.24, 2.45) is 0 Å². The van der Waals surface area contributed by atoms with Crippen LogP contribution in [-0.2, 0) is 4.74 Å². The predicted molar refractivity (Wildman–Crippen MR) is 91.7 cm³/mol. The van der Waals surface area contributed by atoms with E-state index < -0.39 is 0 Å². The van der Waals surface area contributed by atoms with Crippen LogP contribution in [0.1, 0.15) is 90.9 Å². The zero-order chi connectivity index (χ0) is 16.0. The van der Waals surface area contributed by atoms with Crippen LogP contribution in [0.3, 0.4) is 0 Å². The molecule has 21 heavy (non-hydrogen) atoms. The van der Waals surface area contributed by atoms with Gasteiger partial charge in [-0.3, -0.25) is 0 Å². The van der Waals surface area contributed by atoms with E-state index in [1.54, 1.807) is 0 Å². The van der Waals surface area contributed by atoms with Crippen molar-refractivity contribution in [3.8, 4) is 0 Å². The average molecular weight is 305 g/mol. The fourth-order valence-electron chi connectivity index (χ4n) is 2.03. The topological polar surface area (TPSA) is 49.7 Å². The fourth-order valence-corrected chi connectivity index (χ4v) is 2.03. The quantitative estimate of drug-likeness (QED) is 0.431. The molecule has 0 bridgehead atoms. The van der Waals surface area contributed by atoms with Crippen molar-refractivity contribution in [3.63, 3.8) is 0 Å². The Balaban J connectivity index is 0. The normalized spacial score (nSPS) is 10.3. The van der Waals surface area contributed by atoms with Crippen molar-refractivity contribution in [2.75, 3.05) is 26.4 Å². The van der Waals surface area contributed by atoms with Gasteiger partial charge in [-0.25, -0.2) is 0 Å². The van der Waals surface area contributed by atoms with E-state index in [2.05, 4.69) is 13.8 Å². The molecule has 0 aromatic rings. The van der Waals surface area contributed by atoms with Crippen molar-refractivity contribution in [1.82, 2.24) is 0 Å². The summed E-state index contributed by atoms with van der Waals surface area (Å²) in [6.07, 6.45) is 14.4. The summed E-state index contributed by atoms with van der Waals surface area (Å²) < 4.78 is 5.13. The number of aliphatic hydroxyl groups is 2. The second-order valence-corrected chi connectivity index (χ2v) is 5.60. The molecule has 0 saturated heterocycles. The van der Waals surface area contributed by atoms with Crippen LogP contribution in [0.5, 0.6) is 0 Å². The molecular formula is C18H40O3. The van der Waals surface area contributed by atoms with E-state index in [9.17, 15) is 0 Å². The molecule has 0 aliphatic heterocycles. The van der Waals surface area contributed by atoms with Gasteiger partial charge in [0.2, 0.25) is 0 Å². The number of aliphatic hydroxyl groups excluding tert-OH is 2. The lowest BCUT2D eigenvalue weighted by Gasteiger charge is -2.01. The van der Waals surface area contributed by atoms with Crippen molar-refractivity contribution < 1.29 is 14.9 Å². The smallest absolute Gasteiger partial charge is 0.0463 e. The maximum atomic E-state index is 8.57. The van der Waals surface area contributed by atoms with Gasteiger partial charge in [0.05, 0.1) is 0 Å². The average Bonchev–Trinajstić information content (AvgIpc) is 2.50. The van der Waals surface area contributed by atoms with E-state index in [0.29, 0.717) is 13.2 Å². The van der Waals surface area contributed by atoms with Crippen LogP contribution in [0.15, 0.2) is 0 Å². The highest BCUT2D eigenvalue weighted by Gasteiger charge is 1.92. The first-order chi connectivity index (χ1) is 10.3. The zero-order valence-corrected chi connectivity index (χ0v) is 14.6. The molecular weight excluding hydrogens is 264 g/mol. The highest BCUT2D eigenvalue weighted by molar-refractivity contribution is 4.47. The van der Waals surface area contributed by atoms with Crippen molar-refractivity contribution >= 4 is 0 Å². The first kappa shape index (κ1) is 23.2. The maximum Gasteiger partial charge on any atom is 0.0463 e. The Labute approximate surface area is 133 Å². The molecule has 3 heteroatoms. The second kappa shape index (κ2) is 24.9. The van der Waals surface area contributed by atoms with Crippen LogP contribution in [0, 0.1) is 0 Å². The summed E-state index contributed by atoms with van der Waals surface area (Å²) in [6, 6.07) is 0. The van der Waals surface area contributed by atoms with Crippen LogP contribution in [0.25, 0.3) is 0 Å². The number of hydrogen-bond donors (Lipinski definition) is 2. The van der Waals surface area contributed by atoms with E-state index in [-0.39, 0.29) is 0 Å². The van der Waals surface area contributed by atoms with Crippen LogP contribution in [0.4, 0.5) is 0 Å². The number of unbranched alkanes of at least 4 members (excludes halogenated alkanes) is 9. The first-order valence-electron chi connectivity index (χ1n) is 9.12. The van der Waals surface area contributed by atoms with Crippen LogP contribution in [0.2, 0.25) is 0 Å². The second-order valence-electron chi connectivity index (χ2n) is 5.60. The van der Waals surface area contributed by atoms with Crippen molar-refractivity contribution in [1.29, 1.82) is 0 Å². The first-order valence-corrected chi connectivity index (χ1v) is 9.12. The van der Waals surface area contributed by atoms with E-state index in [4.69, 9.17) is 14.9 Å². The van der Waals surface area contributed by atoms with Gasteiger partial charge in [-0.05, 0) is 25.7 Å². The Bertz CT molecular complexity index is 135. The van der Waals surface area contributed by atoms with Crippen LogP contribution in [-0.4, -0.2) is 36.6 Å². The third-order valence-corrected chi connectivity index (χ3v) is 3.26. The highest BCUT2D eigenvalue weighted by Crippen LogP contribution is 2.10. The molecule has 0 radical (unpaired) electrons. The molecule has 0 unspecified atom stereocenters. The van der Waals surface area contributed by atoms with Gasteiger partial charge in [0, 0.05) is 26.4 Å². The predicted octanol–water partition coefficient (Wildman–Crippen LogP) is 4.70. The molecule has 3 nitrogen and oxygen atoms in total. The Morgan fingerprint density at radius 1 is 0.524 bits per heavy atom.